The monoisotopic (exact) mass is 272 g/mol. The van der Waals surface area contributed by atoms with E-state index < -0.39 is 6.04 Å². The Hall–Kier alpha value is -1.26. The maximum atomic E-state index is 11.7. The van der Waals surface area contributed by atoms with Gasteiger partial charge in [0.05, 0.1) is 6.61 Å². The quantitative estimate of drug-likeness (QED) is 0.700. The van der Waals surface area contributed by atoms with Crippen molar-refractivity contribution in [2.45, 2.75) is 59.9 Å². The maximum absolute atomic E-state index is 11.7. The van der Waals surface area contributed by atoms with Gasteiger partial charge in [-0.05, 0) is 18.8 Å². The van der Waals surface area contributed by atoms with Crippen molar-refractivity contribution in [2.75, 3.05) is 13.2 Å². The Morgan fingerprint density at radius 2 is 1.84 bits per heavy atom. The van der Waals surface area contributed by atoms with Gasteiger partial charge >= 0.3 is 12.0 Å². The fraction of sp³-hybridized carbons (Fsp3) is 0.857. The van der Waals surface area contributed by atoms with E-state index in [0.717, 1.165) is 12.8 Å². The van der Waals surface area contributed by atoms with Crippen molar-refractivity contribution in [3.05, 3.63) is 0 Å². The number of amides is 2. The van der Waals surface area contributed by atoms with Gasteiger partial charge in [0.15, 0.2) is 0 Å². The summed E-state index contributed by atoms with van der Waals surface area (Å²) in [5.41, 5.74) is 0.0141. The van der Waals surface area contributed by atoms with Gasteiger partial charge in [-0.2, -0.15) is 0 Å². The van der Waals surface area contributed by atoms with Crippen LogP contribution in [0.25, 0.3) is 0 Å². The van der Waals surface area contributed by atoms with Gasteiger partial charge in [0.1, 0.15) is 6.04 Å². The molecule has 0 saturated heterocycles. The molecule has 0 saturated carbocycles. The van der Waals surface area contributed by atoms with Crippen molar-refractivity contribution in [2.24, 2.45) is 5.41 Å². The highest BCUT2D eigenvalue weighted by Gasteiger charge is 2.22. The summed E-state index contributed by atoms with van der Waals surface area (Å²) in [4.78, 5) is 23.5. The van der Waals surface area contributed by atoms with Crippen LogP contribution in [0.1, 0.15) is 53.9 Å². The Morgan fingerprint density at radius 1 is 1.21 bits per heavy atom. The van der Waals surface area contributed by atoms with Gasteiger partial charge in [0.25, 0.3) is 0 Å². The number of rotatable bonds is 7. The summed E-state index contributed by atoms with van der Waals surface area (Å²) in [5.74, 6) is -0.359. The minimum Gasteiger partial charge on any atom is -0.464 e. The van der Waals surface area contributed by atoms with Crippen molar-refractivity contribution in [1.29, 1.82) is 0 Å². The van der Waals surface area contributed by atoms with Gasteiger partial charge in [0.2, 0.25) is 0 Å². The Morgan fingerprint density at radius 3 is 2.32 bits per heavy atom. The third kappa shape index (κ3) is 9.33. The number of nitrogens with one attached hydrogen (secondary N) is 2. The minimum atomic E-state index is -0.556. The highest BCUT2D eigenvalue weighted by Crippen LogP contribution is 2.10. The van der Waals surface area contributed by atoms with E-state index in [-0.39, 0.29) is 17.4 Å². The number of esters is 1. The average molecular weight is 272 g/mol. The van der Waals surface area contributed by atoms with E-state index in [2.05, 4.69) is 10.6 Å². The molecule has 2 N–H and O–H groups in total. The number of hydrogen-bond acceptors (Lipinski definition) is 3. The molecule has 1 atom stereocenters. The third-order valence-corrected chi connectivity index (χ3v) is 2.50. The molecule has 19 heavy (non-hydrogen) atoms. The standard InChI is InChI=1S/C14H28N2O3/c1-6-8-9-11(12(17)19-7-2)16-13(18)15-10-14(3,4)5/h11H,6-10H2,1-5H3,(H2,15,16,18)/t11-/m0/s1. The molecule has 112 valence electrons. The molecule has 5 nitrogen and oxygen atoms in total. The van der Waals surface area contributed by atoms with Crippen LogP contribution in [0, 0.1) is 5.41 Å². The Kier molecular flexibility index (Phi) is 8.19. The molecular formula is C14H28N2O3. The van der Waals surface area contributed by atoms with Crippen LogP contribution in [-0.4, -0.2) is 31.2 Å². The lowest BCUT2D eigenvalue weighted by Gasteiger charge is -2.21. The summed E-state index contributed by atoms with van der Waals surface area (Å²) >= 11 is 0. The van der Waals surface area contributed by atoms with E-state index in [1.807, 2.05) is 27.7 Å². The molecule has 0 fully saturated rings. The first kappa shape index (κ1) is 17.7. The SMILES string of the molecule is CCCC[C@H](NC(=O)NCC(C)(C)C)C(=O)OCC. The van der Waals surface area contributed by atoms with E-state index in [4.69, 9.17) is 4.74 Å². The summed E-state index contributed by atoms with van der Waals surface area (Å²) < 4.78 is 4.97. The van der Waals surface area contributed by atoms with E-state index in [9.17, 15) is 9.59 Å². The Labute approximate surface area is 116 Å². The lowest BCUT2D eigenvalue weighted by molar-refractivity contribution is -0.145. The fourth-order valence-corrected chi connectivity index (χ4v) is 1.45. The summed E-state index contributed by atoms with van der Waals surface area (Å²) in [6.45, 7) is 10.8. The van der Waals surface area contributed by atoms with Crippen molar-refractivity contribution in [1.82, 2.24) is 10.6 Å². The Bertz CT molecular complexity index is 285. The normalized spacial score (nSPS) is 12.7. The highest BCUT2D eigenvalue weighted by atomic mass is 16.5. The second-order valence-electron chi connectivity index (χ2n) is 5.83. The summed E-state index contributed by atoms with van der Waals surface area (Å²) in [6, 6.07) is -0.871. The van der Waals surface area contributed by atoms with Gasteiger partial charge in [-0.15, -0.1) is 0 Å². The number of ether oxygens (including phenoxy) is 1. The first-order valence-electron chi connectivity index (χ1n) is 7.01. The number of carbonyl (C=O) groups is 2. The van der Waals surface area contributed by atoms with Gasteiger partial charge in [-0.1, -0.05) is 40.5 Å². The first-order chi connectivity index (χ1) is 8.80. The van der Waals surface area contributed by atoms with Gasteiger partial charge < -0.3 is 15.4 Å². The zero-order valence-corrected chi connectivity index (χ0v) is 12.8. The van der Waals surface area contributed by atoms with Crippen LogP contribution in [0.15, 0.2) is 0 Å². The zero-order valence-electron chi connectivity index (χ0n) is 12.8. The van der Waals surface area contributed by atoms with E-state index >= 15 is 0 Å². The van der Waals surface area contributed by atoms with Crippen molar-refractivity contribution in [3.63, 3.8) is 0 Å². The van der Waals surface area contributed by atoms with E-state index in [0.29, 0.717) is 19.6 Å². The van der Waals surface area contributed by atoms with E-state index in [1.54, 1.807) is 6.92 Å². The van der Waals surface area contributed by atoms with Crippen molar-refractivity contribution in [3.8, 4) is 0 Å². The van der Waals surface area contributed by atoms with Crippen LogP contribution in [0.4, 0.5) is 4.79 Å². The number of hydrogen-bond donors (Lipinski definition) is 2. The molecular weight excluding hydrogens is 244 g/mol. The molecule has 0 aliphatic heterocycles. The lowest BCUT2D eigenvalue weighted by Crippen LogP contribution is -2.48. The second-order valence-corrected chi connectivity index (χ2v) is 5.83. The van der Waals surface area contributed by atoms with Crippen LogP contribution in [0.2, 0.25) is 0 Å². The lowest BCUT2D eigenvalue weighted by atomic mass is 9.97. The Balaban J connectivity index is 4.29. The van der Waals surface area contributed by atoms with Crippen LogP contribution in [0.3, 0.4) is 0 Å². The molecule has 0 aliphatic rings. The number of carbonyl (C=O) groups excluding carboxylic acids is 2. The van der Waals surface area contributed by atoms with Gasteiger partial charge in [0, 0.05) is 6.54 Å². The fourth-order valence-electron chi connectivity index (χ4n) is 1.45. The predicted molar refractivity (Wildman–Crippen MR) is 75.9 cm³/mol. The molecule has 0 aromatic heterocycles. The topological polar surface area (TPSA) is 67.4 Å². The average Bonchev–Trinajstić information content (AvgIpc) is 2.31. The highest BCUT2D eigenvalue weighted by molar-refractivity contribution is 5.83. The molecule has 5 heteroatoms. The summed E-state index contributed by atoms with van der Waals surface area (Å²) in [6.07, 6.45) is 2.46. The molecule has 0 heterocycles. The summed E-state index contributed by atoms with van der Waals surface area (Å²) in [7, 11) is 0. The molecule has 2 amide bonds. The van der Waals surface area contributed by atoms with Crippen LogP contribution >= 0.6 is 0 Å². The molecule has 0 aromatic carbocycles. The molecule has 0 unspecified atom stereocenters. The van der Waals surface area contributed by atoms with Crippen LogP contribution < -0.4 is 10.6 Å². The molecule has 0 aromatic rings. The maximum Gasteiger partial charge on any atom is 0.328 e. The molecule has 0 spiro atoms. The smallest absolute Gasteiger partial charge is 0.328 e. The van der Waals surface area contributed by atoms with Crippen LogP contribution in [0.5, 0.6) is 0 Å². The molecule has 0 aliphatic carbocycles. The first-order valence-corrected chi connectivity index (χ1v) is 7.01. The minimum absolute atomic E-state index is 0.0141. The number of unbranched alkanes of at least 4 members (excludes halogenated alkanes) is 1. The van der Waals surface area contributed by atoms with Gasteiger partial charge in [-0.25, -0.2) is 9.59 Å². The van der Waals surface area contributed by atoms with Crippen LogP contribution in [-0.2, 0) is 9.53 Å². The molecule has 0 rings (SSSR count). The molecule has 0 radical (unpaired) electrons. The molecule has 0 bridgehead atoms. The predicted octanol–water partition coefficient (Wildman–Crippen LogP) is 2.45. The van der Waals surface area contributed by atoms with Crippen molar-refractivity contribution < 1.29 is 14.3 Å². The zero-order chi connectivity index (χ0) is 14.9. The second kappa shape index (κ2) is 8.77. The van der Waals surface area contributed by atoms with E-state index in [1.165, 1.54) is 0 Å². The van der Waals surface area contributed by atoms with Gasteiger partial charge in [-0.3, -0.25) is 0 Å². The number of urea groups is 1. The largest absolute Gasteiger partial charge is 0.464 e. The van der Waals surface area contributed by atoms with Crippen molar-refractivity contribution >= 4 is 12.0 Å². The summed E-state index contributed by atoms with van der Waals surface area (Å²) in [5, 5.41) is 5.45. The third-order valence-electron chi connectivity index (χ3n) is 2.50.